The molecule has 0 radical (unpaired) electrons. The van der Waals surface area contributed by atoms with Gasteiger partial charge in [-0.05, 0) is 36.7 Å². The number of ether oxygens (including phenoxy) is 1. The summed E-state index contributed by atoms with van der Waals surface area (Å²) in [7, 11) is 1.59. The lowest BCUT2D eigenvalue weighted by atomic mass is 10.1. The summed E-state index contributed by atoms with van der Waals surface area (Å²) in [4.78, 5) is 14.6. The normalized spacial score (nSPS) is 10.5. The molecule has 0 bridgehead atoms. The fourth-order valence-corrected chi connectivity index (χ4v) is 2.73. The van der Waals surface area contributed by atoms with E-state index < -0.39 is 0 Å². The molecule has 0 atom stereocenters. The molecule has 0 fully saturated rings. The summed E-state index contributed by atoms with van der Waals surface area (Å²) >= 11 is 6.05. The second-order valence-electron chi connectivity index (χ2n) is 5.58. The van der Waals surface area contributed by atoms with Crippen LogP contribution >= 0.6 is 11.6 Å². The van der Waals surface area contributed by atoms with Crippen molar-refractivity contribution < 1.29 is 9.53 Å². The highest BCUT2D eigenvalue weighted by atomic mass is 35.5. The van der Waals surface area contributed by atoms with Gasteiger partial charge in [-0.3, -0.25) is 4.79 Å². The molecule has 0 saturated carbocycles. The van der Waals surface area contributed by atoms with Gasteiger partial charge in [-0.1, -0.05) is 41.9 Å². The summed E-state index contributed by atoms with van der Waals surface area (Å²) < 4.78 is 5.33. The van der Waals surface area contributed by atoms with Crippen LogP contribution in [-0.2, 0) is 17.8 Å². The Kier molecular flexibility index (Phi) is 7.09. The van der Waals surface area contributed by atoms with Gasteiger partial charge in [0.15, 0.2) is 0 Å². The van der Waals surface area contributed by atoms with Crippen molar-refractivity contribution in [1.82, 2.24) is 4.90 Å². The fraction of sp³-hybridized carbons (Fsp3) is 0.316. The maximum absolute atomic E-state index is 12.8. The molecular formula is C19H23ClN2O2. The van der Waals surface area contributed by atoms with Gasteiger partial charge in [0.1, 0.15) is 5.75 Å². The Morgan fingerprint density at radius 1 is 1.21 bits per heavy atom. The molecule has 0 aliphatic rings. The van der Waals surface area contributed by atoms with Crippen molar-refractivity contribution in [2.75, 3.05) is 20.2 Å². The van der Waals surface area contributed by atoms with E-state index in [9.17, 15) is 4.79 Å². The number of carbonyl (C=O) groups excluding carboxylic acids is 1. The molecule has 2 N–H and O–H groups in total. The molecule has 0 unspecified atom stereocenters. The third-order valence-corrected chi connectivity index (χ3v) is 4.02. The molecule has 0 aliphatic heterocycles. The molecular weight excluding hydrogens is 324 g/mol. The van der Waals surface area contributed by atoms with E-state index in [-0.39, 0.29) is 12.3 Å². The number of nitrogens with two attached hydrogens (primary N) is 1. The maximum Gasteiger partial charge on any atom is 0.227 e. The Morgan fingerprint density at radius 2 is 1.96 bits per heavy atom. The van der Waals surface area contributed by atoms with Gasteiger partial charge in [-0.25, -0.2) is 0 Å². The predicted molar refractivity (Wildman–Crippen MR) is 97.2 cm³/mol. The minimum absolute atomic E-state index is 0.0351. The van der Waals surface area contributed by atoms with Crippen LogP contribution in [0.5, 0.6) is 5.75 Å². The summed E-state index contributed by atoms with van der Waals surface area (Å²) in [6, 6.07) is 15.3. The monoisotopic (exact) mass is 346 g/mol. The van der Waals surface area contributed by atoms with E-state index in [1.54, 1.807) is 25.3 Å². The van der Waals surface area contributed by atoms with Crippen molar-refractivity contribution in [3.63, 3.8) is 0 Å². The molecule has 0 heterocycles. The minimum Gasteiger partial charge on any atom is -0.496 e. The van der Waals surface area contributed by atoms with Gasteiger partial charge in [-0.2, -0.15) is 0 Å². The zero-order valence-electron chi connectivity index (χ0n) is 13.9. The van der Waals surface area contributed by atoms with Crippen molar-refractivity contribution in [1.29, 1.82) is 0 Å². The van der Waals surface area contributed by atoms with Gasteiger partial charge >= 0.3 is 0 Å². The first kappa shape index (κ1) is 18.3. The largest absolute Gasteiger partial charge is 0.496 e. The standard InChI is InChI=1S/C19H23ClN2O2/c1-24-18-9-8-17(20)12-16(18)13-19(23)22(11-5-10-21)14-15-6-3-2-4-7-15/h2-4,6-9,12H,5,10-11,13-14,21H2,1H3. The molecule has 0 aliphatic carbocycles. The highest BCUT2D eigenvalue weighted by Crippen LogP contribution is 2.24. The van der Waals surface area contributed by atoms with E-state index in [1.165, 1.54) is 0 Å². The number of benzene rings is 2. The average Bonchev–Trinajstić information content (AvgIpc) is 2.59. The van der Waals surface area contributed by atoms with Crippen molar-refractivity contribution in [3.8, 4) is 5.75 Å². The molecule has 0 aromatic heterocycles. The third kappa shape index (κ3) is 5.25. The SMILES string of the molecule is COc1ccc(Cl)cc1CC(=O)N(CCCN)Cc1ccccc1. The van der Waals surface area contributed by atoms with E-state index >= 15 is 0 Å². The Balaban J connectivity index is 2.14. The Morgan fingerprint density at radius 3 is 2.62 bits per heavy atom. The predicted octanol–water partition coefficient (Wildman–Crippen LogP) is 3.27. The minimum atomic E-state index is 0.0351. The first-order valence-corrected chi connectivity index (χ1v) is 8.36. The number of halogens is 1. The summed E-state index contributed by atoms with van der Waals surface area (Å²) in [6.45, 7) is 1.76. The van der Waals surface area contributed by atoms with Gasteiger partial charge in [0.2, 0.25) is 5.91 Å². The molecule has 128 valence electrons. The summed E-state index contributed by atoms with van der Waals surface area (Å²) in [6.07, 6.45) is 1.02. The van der Waals surface area contributed by atoms with E-state index in [0.29, 0.717) is 30.4 Å². The molecule has 2 rings (SSSR count). The van der Waals surface area contributed by atoms with Crippen molar-refractivity contribution in [3.05, 3.63) is 64.7 Å². The number of methoxy groups -OCH3 is 1. The van der Waals surface area contributed by atoms with Crippen LogP contribution in [0.1, 0.15) is 17.5 Å². The van der Waals surface area contributed by atoms with Crippen LogP contribution in [0.4, 0.5) is 0 Å². The van der Waals surface area contributed by atoms with Gasteiger partial charge in [-0.15, -0.1) is 0 Å². The van der Waals surface area contributed by atoms with Crippen LogP contribution in [0.15, 0.2) is 48.5 Å². The number of carbonyl (C=O) groups is 1. The lowest BCUT2D eigenvalue weighted by Crippen LogP contribution is -2.33. The second kappa shape index (κ2) is 9.30. The zero-order valence-corrected chi connectivity index (χ0v) is 14.6. The van der Waals surface area contributed by atoms with E-state index in [0.717, 1.165) is 17.5 Å². The first-order valence-electron chi connectivity index (χ1n) is 7.98. The lowest BCUT2D eigenvalue weighted by Gasteiger charge is -2.23. The molecule has 0 saturated heterocycles. The van der Waals surface area contributed by atoms with E-state index in [1.807, 2.05) is 35.2 Å². The molecule has 2 aromatic carbocycles. The third-order valence-electron chi connectivity index (χ3n) is 3.79. The topological polar surface area (TPSA) is 55.6 Å². The molecule has 4 nitrogen and oxygen atoms in total. The quantitative estimate of drug-likeness (QED) is 0.798. The average molecular weight is 347 g/mol. The first-order chi connectivity index (χ1) is 11.6. The number of hydrogen-bond acceptors (Lipinski definition) is 3. The number of nitrogens with zero attached hydrogens (tertiary/aromatic N) is 1. The van der Waals surface area contributed by atoms with Crippen LogP contribution in [-0.4, -0.2) is 31.0 Å². The van der Waals surface area contributed by atoms with Crippen LogP contribution in [0.3, 0.4) is 0 Å². The maximum atomic E-state index is 12.8. The molecule has 0 spiro atoms. The molecule has 1 amide bonds. The Bertz CT molecular complexity index is 662. The summed E-state index contributed by atoms with van der Waals surface area (Å²) in [5, 5.41) is 0.593. The highest BCUT2D eigenvalue weighted by Gasteiger charge is 2.16. The van der Waals surface area contributed by atoms with Gasteiger partial charge in [0.05, 0.1) is 13.5 Å². The Hall–Kier alpha value is -2.04. The summed E-state index contributed by atoms with van der Waals surface area (Å²) in [5.41, 5.74) is 7.50. The van der Waals surface area contributed by atoms with E-state index in [4.69, 9.17) is 22.1 Å². The van der Waals surface area contributed by atoms with Crippen LogP contribution in [0.2, 0.25) is 5.02 Å². The van der Waals surface area contributed by atoms with Gasteiger partial charge in [0.25, 0.3) is 0 Å². The molecule has 2 aromatic rings. The lowest BCUT2D eigenvalue weighted by molar-refractivity contribution is -0.131. The van der Waals surface area contributed by atoms with Crippen molar-refractivity contribution in [2.45, 2.75) is 19.4 Å². The number of rotatable bonds is 8. The molecule has 5 heteroatoms. The Labute approximate surface area is 148 Å². The number of hydrogen-bond donors (Lipinski definition) is 1. The smallest absolute Gasteiger partial charge is 0.227 e. The van der Waals surface area contributed by atoms with Crippen molar-refractivity contribution >= 4 is 17.5 Å². The van der Waals surface area contributed by atoms with Gasteiger partial charge < -0.3 is 15.4 Å². The van der Waals surface area contributed by atoms with Crippen molar-refractivity contribution in [2.24, 2.45) is 5.73 Å². The van der Waals surface area contributed by atoms with Crippen LogP contribution in [0.25, 0.3) is 0 Å². The molecule has 24 heavy (non-hydrogen) atoms. The van der Waals surface area contributed by atoms with Gasteiger partial charge in [0, 0.05) is 23.7 Å². The number of amides is 1. The summed E-state index contributed by atoms with van der Waals surface area (Å²) in [5.74, 6) is 0.708. The van der Waals surface area contributed by atoms with Crippen LogP contribution in [0, 0.1) is 0 Å². The van der Waals surface area contributed by atoms with E-state index in [2.05, 4.69) is 0 Å². The fourth-order valence-electron chi connectivity index (χ4n) is 2.54. The second-order valence-corrected chi connectivity index (χ2v) is 6.01. The zero-order chi connectivity index (χ0) is 17.4. The van der Waals surface area contributed by atoms with Crippen LogP contribution < -0.4 is 10.5 Å². The highest BCUT2D eigenvalue weighted by molar-refractivity contribution is 6.30.